The monoisotopic (exact) mass is 437 g/mol. The molecule has 2 heterocycles. The van der Waals surface area contributed by atoms with Crippen molar-refractivity contribution in [3.8, 4) is 0 Å². The molecule has 0 saturated carbocycles. The maximum absolute atomic E-state index is 12.9. The third kappa shape index (κ3) is 6.12. The summed E-state index contributed by atoms with van der Waals surface area (Å²) in [4.78, 5) is 24.4. The van der Waals surface area contributed by atoms with E-state index in [0.29, 0.717) is 23.8 Å². The van der Waals surface area contributed by atoms with Crippen LogP contribution in [0.25, 0.3) is 10.9 Å². The van der Waals surface area contributed by atoms with Gasteiger partial charge in [-0.1, -0.05) is 18.2 Å². The van der Waals surface area contributed by atoms with E-state index in [2.05, 4.69) is 47.3 Å². The quantitative estimate of drug-likeness (QED) is 0.416. The van der Waals surface area contributed by atoms with Gasteiger partial charge in [0, 0.05) is 36.4 Å². The molecule has 2 aromatic heterocycles. The van der Waals surface area contributed by atoms with Crippen molar-refractivity contribution in [2.45, 2.75) is 33.4 Å². The van der Waals surface area contributed by atoms with E-state index in [1.807, 2.05) is 42.3 Å². The van der Waals surface area contributed by atoms with Crippen molar-refractivity contribution < 1.29 is 0 Å². The van der Waals surface area contributed by atoms with Crippen molar-refractivity contribution in [2.75, 3.05) is 27.2 Å². The minimum atomic E-state index is -0.0761. The molecule has 0 aliphatic heterocycles. The van der Waals surface area contributed by atoms with E-state index in [1.165, 1.54) is 0 Å². The smallest absolute Gasteiger partial charge is 0.253 e. The average Bonchev–Trinajstić information content (AvgIpc) is 2.75. The summed E-state index contributed by atoms with van der Waals surface area (Å²) in [6.45, 7) is 6.85. The van der Waals surface area contributed by atoms with Crippen LogP contribution in [0.3, 0.4) is 0 Å². The summed E-state index contributed by atoms with van der Waals surface area (Å²) in [6.07, 6.45) is 4.58. The van der Waals surface area contributed by atoms with Crippen molar-refractivity contribution in [1.29, 1.82) is 0 Å². The number of fused-ring (bicyclic) bond motifs is 1. The Morgan fingerprint density at radius 2 is 1.94 bits per heavy atom. The van der Waals surface area contributed by atoms with Crippen molar-refractivity contribution in [3.05, 3.63) is 75.3 Å². The van der Waals surface area contributed by atoms with E-state index in [4.69, 9.17) is 12.2 Å². The summed E-state index contributed by atoms with van der Waals surface area (Å²) in [5.41, 5.74) is 4.77. The number of nitrogens with one attached hydrogen (secondary N) is 2. The van der Waals surface area contributed by atoms with Crippen molar-refractivity contribution in [1.82, 2.24) is 25.1 Å². The molecule has 0 radical (unpaired) electrons. The first kappa shape index (κ1) is 22.9. The van der Waals surface area contributed by atoms with Crippen LogP contribution < -0.4 is 10.9 Å². The Hall–Kier alpha value is -2.77. The zero-order valence-electron chi connectivity index (χ0n) is 18.7. The van der Waals surface area contributed by atoms with Gasteiger partial charge in [0.25, 0.3) is 5.56 Å². The molecule has 0 fully saturated rings. The van der Waals surface area contributed by atoms with E-state index in [1.54, 1.807) is 6.20 Å². The molecule has 3 rings (SSSR count). The Morgan fingerprint density at radius 1 is 1.16 bits per heavy atom. The number of H-pyrrole nitrogens is 1. The van der Waals surface area contributed by atoms with Crippen LogP contribution in [0.2, 0.25) is 0 Å². The summed E-state index contributed by atoms with van der Waals surface area (Å²) in [6, 6.07) is 10.1. The normalized spacial score (nSPS) is 11.1. The molecule has 0 unspecified atom stereocenters. The lowest BCUT2D eigenvalue weighted by molar-refractivity contribution is 0.383. The molecular weight excluding hydrogens is 406 g/mol. The lowest BCUT2D eigenvalue weighted by Crippen LogP contribution is -2.40. The first-order chi connectivity index (χ1) is 14.8. The van der Waals surface area contributed by atoms with Gasteiger partial charge in [0.05, 0.1) is 12.1 Å². The zero-order chi connectivity index (χ0) is 22.4. The van der Waals surface area contributed by atoms with Gasteiger partial charge in [0.1, 0.15) is 0 Å². The zero-order valence-corrected chi connectivity index (χ0v) is 19.6. The lowest BCUT2D eigenvalue weighted by Gasteiger charge is -2.26. The number of hydrogen-bond acceptors (Lipinski definition) is 4. The van der Waals surface area contributed by atoms with Crippen LogP contribution in [0.1, 0.15) is 28.7 Å². The Labute approximate surface area is 189 Å². The average molecular weight is 438 g/mol. The highest BCUT2D eigenvalue weighted by Crippen LogP contribution is 2.20. The van der Waals surface area contributed by atoms with Gasteiger partial charge in [-0.15, -0.1) is 0 Å². The molecule has 0 aliphatic carbocycles. The van der Waals surface area contributed by atoms with Crippen LogP contribution in [-0.2, 0) is 13.1 Å². The van der Waals surface area contributed by atoms with E-state index >= 15 is 0 Å². The molecule has 7 heteroatoms. The molecule has 2 N–H and O–H groups in total. The number of rotatable bonds is 8. The summed E-state index contributed by atoms with van der Waals surface area (Å²) >= 11 is 5.71. The lowest BCUT2D eigenvalue weighted by atomic mass is 10.0. The van der Waals surface area contributed by atoms with Crippen LogP contribution in [0.4, 0.5) is 0 Å². The Bertz CT molecular complexity index is 1090. The van der Waals surface area contributed by atoms with Crippen LogP contribution in [0.15, 0.2) is 47.5 Å². The maximum atomic E-state index is 12.9. The fourth-order valence-corrected chi connectivity index (χ4v) is 3.79. The molecule has 0 spiro atoms. The standard InChI is InChI=1S/C24H31N5OS/c1-17-8-9-18(2)22-21(17)13-20(23(30)27-22)16-29(15-19-7-5-10-25-14-19)24(31)26-11-6-12-28(3)4/h5,7-10,13-14H,6,11-12,15-16H2,1-4H3,(H,26,31)(H,27,30). The summed E-state index contributed by atoms with van der Waals surface area (Å²) in [7, 11) is 4.12. The Balaban J connectivity index is 1.85. The number of aromatic amines is 1. The third-order valence-electron chi connectivity index (χ3n) is 5.32. The highest BCUT2D eigenvalue weighted by atomic mass is 32.1. The summed E-state index contributed by atoms with van der Waals surface area (Å²) in [5.74, 6) is 0. The van der Waals surface area contributed by atoms with E-state index in [9.17, 15) is 4.79 Å². The summed E-state index contributed by atoms with van der Waals surface area (Å²) in [5, 5.41) is 5.07. The van der Waals surface area contributed by atoms with E-state index < -0.39 is 0 Å². The molecule has 0 aliphatic rings. The van der Waals surface area contributed by atoms with Crippen molar-refractivity contribution >= 4 is 28.2 Å². The SMILES string of the molecule is Cc1ccc(C)c2[nH]c(=O)c(CN(Cc3cccnc3)C(=S)NCCCN(C)C)cc12. The van der Waals surface area contributed by atoms with Crippen LogP contribution in [0.5, 0.6) is 0 Å². The number of aromatic nitrogens is 2. The van der Waals surface area contributed by atoms with Gasteiger partial charge in [-0.05, 0) is 81.9 Å². The fraction of sp³-hybridized carbons (Fsp3) is 0.375. The third-order valence-corrected chi connectivity index (χ3v) is 5.73. The van der Waals surface area contributed by atoms with Crippen molar-refractivity contribution in [3.63, 3.8) is 0 Å². The van der Waals surface area contributed by atoms with Crippen LogP contribution >= 0.6 is 12.2 Å². The van der Waals surface area contributed by atoms with Gasteiger partial charge in [0.2, 0.25) is 0 Å². The number of aryl methyl sites for hydroxylation is 2. The molecule has 1 aromatic carbocycles. The number of pyridine rings is 2. The second-order valence-corrected chi connectivity index (χ2v) is 8.60. The molecule has 0 bridgehead atoms. The molecule has 31 heavy (non-hydrogen) atoms. The second kappa shape index (κ2) is 10.5. The number of hydrogen-bond donors (Lipinski definition) is 2. The number of thiocarbonyl (C=S) groups is 1. The predicted octanol–water partition coefficient (Wildman–Crippen LogP) is 3.37. The first-order valence-corrected chi connectivity index (χ1v) is 10.9. The minimum Gasteiger partial charge on any atom is -0.363 e. The molecule has 6 nitrogen and oxygen atoms in total. The molecule has 3 aromatic rings. The molecular formula is C24H31N5OS. The number of nitrogens with zero attached hydrogens (tertiary/aromatic N) is 3. The van der Waals surface area contributed by atoms with E-state index in [0.717, 1.165) is 47.1 Å². The van der Waals surface area contributed by atoms with Gasteiger partial charge < -0.3 is 20.1 Å². The topological polar surface area (TPSA) is 64.3 Å². The van der Waals surface area contributed by atoms with Crippen LogP contribution in [-0.4, -0.2) is 52.1 Å². The first-order valence-electron chi connectivity index (χ1n) is 10.5. The fourth-order valence-electron chi connectivity index (χ4n) is 3.56. The highest BCUT2D eigenvalue weighted by molar-refractivity contribution is 7.80. The Morgan fingerprint density at radius 3 is 2.65 bits per heavy atom. The second-order valence-electron chi connectivity index (χ2n) is 8.22. The van der Waals surface area contributed by atoms with E-state index in [-0.39, 0.29) is 5.56 Å². The van der Waals surface area contributed by atoms with Crippen molar-refractivity contribution in [2.24, 2.45) is 0 Å². The van der Waals surface area contributed by atoms with Gasteiger partial charge in [-0.2, -0.15) is 0 Å². The summed E-state index contributed by atoms with van der Waals surface area (Å²) < 4.78 is 0. The van der Waals surface area contributed by atoms with Gasteiger partial charge >= 0.3 is 0 Å². The highest BCUT2D eigenvalue weighted by Gasteiger charge is 2.15. The van der Waals surface area contributed by atoms with Gasteiger partial charge in [-0.25, -0.2) is 0 Å². The number of benzene rings is 1. The molecule has 0 atom stereocenters. The van der Waals surface area contributed by atoms with Crippen LogP contribution in [0, 0.1) is 13.8 Å². The molecule has 0 saturated heterocycles. The van der Waals surface area contributed by atoms with Gasteiger partial charge in [-0.3, -0.25) is 9.78 Å². The molecule has 164 valence electrons. The minimum absolute atomic E-state index is 0.0761. The molecule has 0 amide bonds. The predicted molar refractivity (Wildman–Crippen MR) is 131 cm³/mol. The van der Waals surface area contributed by atoms with Gasteiger partial charge in [0.15, 0.2) is 5.11 Å². The Kier molecular flexibility index (Phi) is 7.76. The largest absolute Gasteiger partial charge is 0.363 e. The maximum Gasteiger partial charge on any atom is 0.253 e.